The number of benzene rings is 5. The smallest absolute Gasteiger partial charge is 0.200 e. The van der Waals surface area contributed by atoms with Crippen molar-refractivity contribution < 1.29 is 43.9 Å². The van der Waals surface area contributed by atoms with Crippen LogP contribution in [0.4, 0.5) is 43.9 Å². The molecule has 0 bridgehead atoms. The van der Waals surface area contributed by atoms with Gasteiger partial charge >= 0.3 is 0 Å². The van der Waals surface area contributed by atoms with E-state index in [-0.39, 0.29) is 36.6 Å². The van der Waals surface area contributed by atoms with Crippen LogP contribution in [0.15, 0.2) is 106 Å². The van der Waals surface area contributed by atoms with Gasteiger partial charge in [-0.05, 0) is 42.7 Å². The highest BCUT2D eigenvalue weighted by atomic mass is 31.2. The Morgan fingerprint density at radius 3 is 1.27 bits per heavy atom. The van der Waals surface area contributed by atoms with Gasteiger partial charge in [-0.1, -0.05) is 106 Å². The standard InChI is InChI=1S/C42H37BF10NPSi/c1-5-6-24-54-42-43(29-31(44)35(48)39(52)36(49)32(29)45,30-33(46)37(50)40(53)38(51)34(30)47)28(23-22-25-16-10-7-11-17-25)41(56(2,3)4)55(42,26-18-12-8-13-19-26)27-20-14-9-15-21-27/h7-21H,5-6,22-24H2,1-4H3. The highest BCUT2D eigenvalue weighted by molar-refractivity contribution is 8.14. The van der Waals surface area contributed by atoms with Gasteiger partial charge in [0.2, 0.25) is 0 Å². The Balaban J connectivity index is 2.04. The lowest BCUT2D eigenvalue weighted by Gasteiger charge is -2.42. The number of allylic oxidation sites excluding steroid dienone is 1. The molecule has 0 amide bonds. The van der Waals surface area contributed by atoms with Crippen LogP contribution >= 0.6 is 7.26 Å². The summed E-state index contributed by atoms with van der Waals surface area (Å²) in [5.74, 6) is -24.7. The van der Waals surface area contributed by atoms with Gasteiger partial charge < -0.3 is 0 Å². The highest BCUT2D eigenvalue weighted by Gasteiger charge is 2.68. The molecule has 1 nitrogen and oxygen atoms in total. The molecule has 1 aliphatic rings. The third kappa shape index (κ3) is 6.35. The summed E-state index contributed by atoms with van der Waals surface area (Å²) in [5, 5.41) is 0.524. The molecule has 0 saturated heterocycles. The predicted octanol–water partition coefficient (Wildman–Crippen LogP) is 10.4. The minimum Gasteiger partial charge on any atom is -0.294 e. The predicted molar refractivity (Wildman–Crippen MR) is 209 cm³/mol. The Morgan fingerprint density at radius 2 is 0.893 bits per heavy atom. The Kier molecular flexibility index (Phi) is 11.6. The fourth-order valence-electron chi connectivity index (χ4n) is 8.55. The molecule has 0 atom stereocenters. The van der Waals surface area contributed by atoms with Gasteiger partial charge in [0.25, 0.3) is 0 Å². The van der Waals surface area contributed by atoms with Gasteiger partial charge in [-0.2, -0.15) is 5.47 Å². The third-order valence-electron chi connectivity index (χ3n) is 10.6. The summed E-state index contributed by atoms with van der Waals surface area (Å²) >= 11 is 0. The number of nitrogens with zero attached hydrogens (tertiary/aromatic N) is 1. The zero-order valence-corrected chi connectivity index (χ0v) is 32.8. The normalized spacial score (nSPS) is 15.9. The first-order valence-corrected chi connectivity index (χ1v) is 23.4. The minimum absolute atomic E-state index is 0.00966. The summed E-state index contributed by atoms with van der Waals surface area (Å²) in [6.45, 7) is 7.21. The quantitative estimate of drug-likeness (QED) is 0.0315. The molecule has 6 rings (SSSR count). The van der Waals surface area contributed by atoms with E-state index in [9.17, 15) is 8.78 Å². The Labute approximate surface area is 320 Å². The molecule has 0 saturated carbocycles. The van der Waals surface area contributed by atoms with Crippen molar-refractivity contribution in [1.29, 1.82) is 0 Å². The summed E-state index contributed by atoms with van der Waals surface area (Å²) in [5.41, 5.74) is -2.95. The number of aliphatic imine (C=N–C) groups is 1. The van der Waals surface area contributed by atoms with Gasteiger partial charge in [-0.3, -0.25) is 4.99 Å². The third-order valence-corrected chi connectivity index (χ3v) is 19.6. The van der Waals surface area contributed by atoms with Crippen molar-refractivity contribution >= 4 is 48.4 Å². The van der Waals surface area contributed by atoms with E-state index in [1.54, 1.807) is 97.9 Å². The second-order valence-corrected chi connectivity index (χ2v) is 23.6. The maximum Gasteiger partial charge on any atom is 0.200 e. The van der Waals surface area contributed by atoms with Crippen molar-refractivity contribution in [1.82, 2.24) is 0 Å². The molecule has 0 spiro atoms. The molecule has 5 aromatic carbocycles. The van der Waals surface area contributed by atoms with Gasteiger partial charge in [-0.15, -0.1) is 10.9 Å². The molecule has 0 fully saturated rings. The van der Waals surface area contributed by atoms with Crippen molar-refractivity contribution in [3.05, 3.63) is 165 Å². The van der Waals surface area contributed by atoms with E-state index in [1.807, 2.05) is 19.6 Å². The average Bonchev–Trinajstić information content (AvgIpc) is 3.45. The van der Waals surface area contributed by atoms with Crippen molar-refractivity contribution in [2.45, 2.75) is 52.2 Å². The molecule has 14 heteroatoms. The zero-order valence-electron chi connectivity index (χ0n) is 30.9. The van der Waals surface area contributed by atoms with Gasteiger partial charge in [0, 0.05) is 16.8 Å². The van der Waals surface area contributed by atoms with Crippen LogP contribution in [0, 0.1) is 58.2 Å². The number of hydrogen-bond donors (Lipinski definition) is 0. The van der Waals surface area contributed by atoms with E-state index in [0.717, 1.165) is 0 Å². The molecule has 1 heterocycles. The molecule has 0 radical (unpaired) electrons. The second-order valence-electron chi connectivity index (χ2n) is 14.9. The van der Waals surface area contributed by atoms with Crippen LogP contribution in [0.5, 0.6) is 0 Å². The van der Waals surface area contributed by atoms with Crippen LogP contribution in [0.3, 0.4) is 0 Å². The Morgan fingerprint density at radius 1 is 0.518 bits per heavy atom. The lowest BCUT2D eigenvalue weighted by molar-refractivity contribution is 0.382. The van der Waals surface area contributed by atoms with E-state index in [0.29, 0.717) is 27.5 Å². The lowest BCUT2D eigenvalue weighted by atomic mass is 9.15. The number of aryl methyl sites for hydroxylation is 1. The molecule has 56 heavy (non-hydrogen) atoms. The molecule has 0 aromatic heterocycles. The van der Waals surface area contributed by atoms with Crippen molar-refractivity contribution in [3.8, 4) is 0 Å². The molecule has 0 aliphatic carbocycles. The fourth-order valence-corrected chi connectivity index (χ4v) is 19.9. The van der Waals surface area contributed by atoms with Crippen LogP contribution in [-0.4, -0.2) is 26.1 Å². The molecular weight excluding hydrogens is 778 g/mol. The first-order chi connectivity index (χ1) is 26.6. The van der Waals surface area contributed by atoms with Crippen LogP contribution in [-0.2, 0) is 6.42 Å². The van der Waals surface area contributed by atoms with E-state index in [1.165, 1.54) is 0 Å². The van der Waals surface area contributed by atoms with Gasteiger partial charge in [0.1, 0.15) is 49.2 Å². The zero-order chi connectivity index (χ0) is 40.7. The molecule has 0 N–H and O–H groups in total. The fraction of sp³-hybridized carbons (Fsp3) is 0.214. The van der Waals surface area contributed by atoms with Gasteiger partial charge in [0.05, 0.1) is 0 Å². The topological polar surface area (TPSA) is 12.4 Å². The molecule has 0 unspecified atom stereocenters. The summed E-state index contributed by atoms with van der Waals surface area (Å²) in [6, 6.07) is 25.3. The van der Waals surface area contributed by atoms with Crippen LogP contribution in [0.25, 0.3) is 0 Å². The molecule has 1 aliphatic heterocycles. The second kappa shape index (κ2) is 15.8. The van der Waals surface area contributed by atoms with E-state index in [4.69, 9.17) is 4.99 Å². The summed E-state index contributed by atoms with van der Waals surface area (Å²) in [7, 11) is -7.02. The number of rotatable bonds is 11. The lowest BCUT2D eigenvalue weighted by Crippen LogP contribution is -2.70. The first-order valence-electron chi connectivity index (χ1n) is 18.1. The minimum atomic E-state index is -4.52. The largest absolute Gasteiger partial charge is 0.294 e. The van der Waals surface area contributed by atoms with Crippen molar-refractivity contribution in [2.75, 3.05) is 6.54 Å². The summed E-state index contributed by atoms with van der Waals surface area (Å²) < 4.78 is 161. The van der Waals surface area contributed by atoms with E-state index < -0.39 is 90.6 Å². The highest BCUT2D eigenvalue weighted by Crippen LogP contribution is 2.74. The number of hydrogen-bond acceptors (Lipinski definition) is 1. The van der Waals surface area contributed by atoms with Crippen molar-refractivity contribution in [2.24, 2.45) is 4.99 Å². The van der Waals surface area contributed by atoms with Crippen LogP contribution < -0.4 is 21.5 Å². The van der Waals surface area contributed by atoms with Crippen molar-refractivity contribution in [3.63, 3.8) is 0 Å². The van der Waals surface area contributed by atoms with E-state index in [2.05, 4.69) is 0 Å². The van der Waals surface area contributed by atoms with Gasteiger partial charge in [0.15, 0.2) is 41.0 Å². The average molecular weight is 816 g/mol. The van der Waals surface area contributed by atoms with Gasteiger partial charge in [-0.25, -0.2) is 43.9 Å². The maximum atomic E-state index is 17.0. The number of halogens is 10. The maximum absolute atomic E-state index is 17.0. The van der Waals surface area contributed by atoms with Crippen LogP contribution in [0.1, 0.15) is 31.7 Å². The summed E-state index contributed by atoms with van der Waals surface area (Å²) in [6.07, 6.45) is -4.10. The Bertz CT molecular complexity index is 2180. The molecular formula is C42H37BF10NPSi. The number of unbranched alkanes of at least 4 members (excludes halogenated alkanes) is 1. The summed E-state index contributed by atoms with van der Waals surface area (Å²) in [4.78, 5) is 5.38. The van der Waals surface area contributed by atoms with E-state index >= 15 is 35.1 Å². The molecule has 292 valence electrons. The first kappa shape index (κ1) is 41.2. The Hall–Kier alpha value is -4.48. The SMILES string of the molecule is CCCCN=C1[B-](c2c(F)c(F)c(F)c(F)c2F)(c2c(F)c(F)c(F)c(F)c2F)C(CCc2ccccc2)=C([Si](C)(C)C)[P+]1(c1ccccc1)c1ccccc1. The van der Waals surface area contributed by atoms with Crippen LogP contribution in [0.2, 0.25) is 19.6 Å². The molecule has 5 aromatic rings. The monoisotopic (exact) mass is 815 g/mol.